The van der Waals surface area contributed by atoms with E-state index < -0.39 is 6.10 Å². The van der Waals surface area contributed by atoms with Crippen molar-refractivity contribution in [3.05, 3.63) is 48.6 Å². The van der Waals surface area contributed by atoms with Crippen molar-refractivity contribution in [1.82, 2.24) is 0 Å². The van der Waals surface area contributed by atoms with Gasteiger partial charge < -0.3 is 14.2 Å². The summed E-state index contributed by atoms with van der Waals surface area (Å²) in [4.78, 5) is 38.0. The Balaban J connectivity index is 4.37. The van der Waals surface area contributed by atoms with E-state index in [-0.39, 0.29) is 31.1 Å². The smallest absolute Gasteiger partial charge is 0.306 e. The fourth-order valence-corrected chi connectivity index (χ4v) is 7.82. The molecule has 0 N–H and O–H groups in total. The van der Waals surface area contributed by atoms with E-state index in [1.165, 1.54) is 167 Å². The Labute approximate surface area is 397 Å². The first-order valence-electron chi connectivity index (χ1n) is 27.7. The molecule has 0 saturated carbocycles. The number of carbonyl (C=O) groups excluding carboxylic acids is 3. The molecule has 64 heavy (non-hydrogen) atoms. The highest BCUT2D eigenvalue weighted by Crippen LogP contribution is 2.15. The highest BCUT2D eigenvalue weighted by atomic mass is 16.6. The summed E-state index contributed by atoms with van der Waals surface area (Å²) >= 11 is 0. The molecule has 6 heteroatoms. The number of carbonyl (C=O) groups is 3. The lowest BCUT2D eigenvalue weighted by atomic mass is 10.1. The molecular formula is C58H104O6. The highest BCUT2D eigenvalue weighted by Gasteiger charge is 2.19. The minimum atomic E-state index is -0.790. The van der Waals surface area contributed by atoms with E-state index in [1.54, 1.807) is 0 Å². The van der Waals surface area contributed by atoms with Gasteiger partial charge >= 0.3 is 17.9 Å². The molecule has 0 aromatic rings. The van der Waals surface area contributed by atoms with Crippen molar-refractivity contribution in [2.45, 2.75) is 290 Å². The molecule has 0 aromatic heterocycles. The van der Waals surface area contributed by atoms with Gasteiger partial charge in [0.2, 0.25) is 0 Å². The molecule has 0 aliphatic carbocycles. The second-order valence-electron chi connectivity index (χ2n) is 18.5. The van der Waals surface area contributed by atoms with Gasteiger partial charge in [-0.3, -0.25) is 14.4 Å². The van der Waals surface area contributed by atoms with Crippen LogP contribution in [0.15, 0.2) is 48.6 Å². The van der Waals surface area contributed by atoms with Crippen LogP contribution in [0.5, 0.6) is 0 Å². The third-order valence-electron chi connectivity index (χ3n) is 12.1. The number of hydrogen-bond acceptors (Lipinski definition) is 6. The maximum Gasteiger partial charge on any atom is 0.306 e. The van der Waals surface area contributed by atoms with Crippen molar-refractivity contribution in [2.24, 2.45) is 0 Å². The molecule has 0 bridgehead atoms. The number of hydrogen-bond donors (Lipinski definition) is 0. The standard InChI is InChI=1S/C58H104O6/c1-4-7-10-13-16-19-22-24-26-28-29-30-32-33-36-39-42-45-48-51-57(60)63-54-55(53-62-56(59)50-47-44-41-38-35-21-18-15-12-9-6-3)64-58(61)52-49-46-43-40-37-34-31-27-25-23-20-17-14-11-8-5-2/h15,18,27-29,31,34,37,55H,4-14,16-17,19-26,30,32-33,35-36,38-54H2,1-3H3/b18-15-,29-28-,31-27-,37-34-. The third-order valence-corrected chi connectivity index (χ3v) is 12.1. The van der Waals surface area contributed by atoms with E-state index in [4.69, 9.17) is 14.2 Å². The van der Waals surface area contributed by atoms with Crippen LogP contribution < -0.4 is 0 Å². The summed E-state index contributed by atoms with van der Waals surface area (Å²) in [6.45, 7) is 6.58. The number of ether oxygens (including phenoxy) is 3. The summed E-state index contributed by atoms with van der Waals surface area (Å²) in [5.41, 5.74) is 0. The van der Waals surface area contributed by atoms with Crippen molar-refractivity contribution < 1.29 is 28.6 Å². The molecule has 0 spiro atoms. The first kappa shape index (κ1) is 61.4. The summed E-state index contributed by atoms with van der Waals surface area (Å²) < 4.78 is 16.8. The van der Waals surface area contributed by atoms with Gasteiger partial charge in [-0.1, -0.05) is 223 Å². The van der Waals surface area contributed by atoms with Gasteiger partial charge in [-0.15, -0.1) is 0 Å². The van der Waals surface area contributed by atoms with E-state index in [9.17, 15) is 14.4 Å². The zero-order valence-electron chi connectivity index (χ0n) is 42.6. The zero-order valence-corrected chi connectivity index (χ0v) is 42.6. The maximum absolute atomic E-state index is 12.8. The lowest BCUT2D eigenvalue weighted by molar-refractivity contribution is -0.167. The van der Waals surface area contributed by atoms with Crippen LogP contribution in [0.4, 0.5) is 0 Å². The Morgan fingerprint density at radius 3 is 0.938 bits per heavy atom. The lowest BCUT2D eigenvalue weighted by Gasteiger charge is -2.18. The van der Waals surface area contributed by atoms with Crippen LogP contribution in [0.3, 0.4) is 0 Å². The number of allylic oxidation sites excluding steroid dienone is 8. The van der Waals surface area contributed by atoms with E-state index in [0.29, 0.717) is 19.3 Å². The maximum atomic E-state index is 12.8. The SMILES string of the molecule is CCCC/C=C\CCCCCCCC(=O)OCC(COC(=O)CCCCCCCCC/C=C\CCCCCCCCCC)OC(=O)CCCCC/C=C\C=C/CCCCCCCCC. The zero-order chi connectivity index (χ0) is 46.5. The molecular weight excluding hydrogens is 793 g/mol. The van der Waals surface area contributed by atoms with Gasteiger partial charge in [-0.05, 0) is 89.9 Å². The van der Waals surface area contributed by atoms with E-state index in [0.717, 1.165) is 77.0 Å². The summed E-state index contributed by atoms with van der Waals surface area (Å²) in [7, 11) is 0. The van der Waals surface area contributed by atoms with Crippen molar-refractivity contribution >= 4 is 17.9 Å². The Kier molecular flexibility index (Phi) is 50.8. The first-order chi connectivity index (χ1) is 31.5. The second-order valence-corrected chi connectivity index (χ2v) is 18.5. The highest BCUT2D eigenvalue weighted by molar-refractivity contribution is 5.71. The average molecular weight is 897 g/mol. The van der Waals surface area contributed by atoms with Crippen LogP contribution >= 0.6 is 0 Å². The van der Waals surface area contributed by atoms with Crippen LogP contribution in [0.25, 0.3) is 0 Å². The van der Waals surface area contributed by atoms with Crippen molar-refractivity contribution in [1.29, 1.82) is 0 Å². The quantitative estimate of drug-likeness (QED) is 0.0199. The van der Waals surface area contributed by atoms with E-state index in [1.807, 2.05) is 0 Å². The topological polar surface area (TPSA) is 78.9 Å². The third kappa shape index (κ3) is 50.4. The normalized spacial score (nSPS) is 12.4. The number of esters is 3. The molecule has 0 fully saturated rings. The summed E-state index contributed by atoms with van der Waals surface area (Å²) in [6, 6.07) is 0. The van der Waals surface area contributed by atoms with Gasteiger partial charge in [-0.2, -0.15) is 0 Å². The number of unbranched alkanes of at least 4 members (excludes halogenated alkanes) is 32. The summed E-state index contributed by atoms with van der Waals surface area (Å²) in [5, 5.41) is 0. The largest absolute Gasteiger partial charge is 0.462 e. The van der Waals surface area contributed by atoms with E-state index >= 15 is 0 Å². The van der Waals surface area contributed by atoms with Crippen molar-refractivity contribution in [3.63, 3.8) is 0 Å². The molecule has 372 valence electrons. The molecule has 1 atom stereocenters. The minimum Gasteiger partial charge on any atom is -0.462 e. The van der Waals surface area contributed by atoms with Gasteiger partial charge in [0.25, 0.3) is 0 Å². The predicted molar refractivity (Wildman–Crippen MR) is 275 cm³/mol. The van der Waals surface area contributed by atoms with Crippen LogP contribution in [0, 0.1) is 0 Å². The first-order valence-corrected chi connectivity index (χ1v) is 27.7. The van der Waals surface area contributed by atoms with Gasteiger partial charge in [-0.25, -0.2) is 0 Å². The molecule has 0 saturated heterocycles. The van der Waals surface area contributed by atoms with Gasteiger partial charge in [0.05, 0.1) is 0 Å². The fourth-order valence-electron chi connectivity index (χ4n) is 7.82. The molecule has 0 aromatic carbocycles. The monoisotopic (exact) mass is 897 g/mol. The Morgan fingerprint density at radius 2 is 0.578 bits per heavy atom. The van der Waals surface area contributed by atoms with Crippen LogP contribution in [-0.4, -0.2) is 37.2 Å². The molecule has 0 amide bonds. The average Bonchev–Trinajstić information content (AvgIpc) is 3.29. The Bertz CT molecular complexity index is 1120. The molecule has 0 radical (unpaired) electrons. The summed E-state index contributed by atoms with van der Waals surface area (Å²) in [5.74, 6) is -0.920. The molecule has 0 aliphatic heterocycles. The Hall–Kier alpha value is -2.63. The van der Waals surface area contributed by atoms with Gasteiger partial charge in [0, 0.05) is 19.3 Å². The summed E-state index contributed by atoms with van der Waals surface area (Å²) in [6.07, 6.45) is 63.9. The Morgan fingerprint density at radius 1 is 0.312 bits per heavy atom. The van der Waals surface area contributed by atoms with Crippen molar-refractivity contribution in [2.75, 3.05) is 13.2 Å². The lowest BCUT2D eigenvalue weighted by Crippen LogP contribution is -2.30. The van der Waals surface area contributed by atoms with E-state index in [2.05, 4.69) is 69.4 Å². The minimum absolute atomic E-state index is 0.0877. The van der Waals surface area contributed by atoms with Crippen LogP contribution in [0.1, 0.15) is 284 Å². The van der Waals surface area contributed by atoms with Crippen LogP contribution in [-0.2, 0) is 28.6 Å². The molecule has 1 unspecified atom stereocenters. The number of rotatable bonds is 50. The molecule has 0 aliphatic rings. The van der Waals surface area contributed by atoms with Crippen molar-refractivity contribution in [3.8, 4) is 0 Å². The molecule has 0 heterocycles. The van der Waals surface area contributed by atoms with Gasteiger partial charge in [0.15, 0.2) is 6.10 Å². The predicted octanol–water partition coefficient (Wildman–Crippen LogP) is 18.3. The molecule has 0 rings (SSSR count). The fraction of sp³-hybridized carbons (Fsp3) is 0.810. The van der Waals surface area contributed by atoms with Gasteiger partial charge in [0.1, 0.15) is 13.2 Å². The second kappa shape index (κ2) is 53.0. The van der Waals surface area contributed by atoms with Crippen LogP contribution in [0.2, 0.25) is 0 Å². The molecule has 6 nitrogen and oxygen atoms in total.